The Hall–Kier alpha value is -1.58. The molecule has 0 aliphatic heterocycles. The van der Waals surface area contributed by atoms with Crippen molar-refractivity contribution in [3.8, 4) is 0 Å². The average Bonchev–Trinajstić information content (AvgIpc) is 2.41. The van der Waals surface area contributed by atoms with E-state index in [-0.39, 0.29) is 16.0 Å². The third-order valence-corrected chi connectivity index (χ3v) is 4.51. The summed E-state index contributed by atoms with van der Waals surface area (Å²) < 4.78 is 0. The van der Waals surface area contributed by atoms with Crippen molar-refractivity contribution in [2.45, 2.75) is 58.9 Å². The maximum atomic E-state index is 11.1. The summed E-state index contributed by atoms with van der Waals surface area (Å²) in [5.41, 5.74) is 2.14. The summed E-state index contributed by atoms with van der Waals surface area (Å²) >= 11 is 0. The number of aryl methyl sites for hydroxylation is 1. The van der Waals surface area contributed by atoms with Crippen LogP contribution in [0.15, 0.2) is 18.2 Å². The maximum absolute atomic E-state index is 11.1. The van der Waals surface area contributed by atoms with Crippen LogP contribution in [0.4, 0.5) is 11.4 Å². The number of hydrogen-bond donors (Lipinski definition) is 1. The number of anilines is 1. The van der Waals surface area contributed by atoms with E-state index in [1.54, 1.807) is 6.07 Å². The van der Waals surface area contributed by atoms with Gasteiger partial charge >= 0.3 is 0 Å². The van der Waals surface area contributed by atoms with Crippen molar-refractivity contribution < 1.29 is 4.92 Å². The molecule has 1 aromatic rings. The van der Waals surface area contributed by atoms with Crippen LogP contribution in [0.5, 0.6) is 0 Å². The zero-order chi connectivity index (χ0) is 14.8. The first-order valence-corrected chi connectivity index (χ1v) is 7.48. The Morgan fingerprint density at radius 1 is 1.40 bits per heavy atom. The molecule has 1 unspecified atom stereocenters. The van der Waals surface area contributed by atoms with Crippen LogP contribution < -0.4 is 5.32 Å². The van der Waals surface area contributed by atoms with Crippen molar-refractivity contribution in [3.05, 3.63) is 33.9 Å². The van der Waals surface area contributed by atoms with E-state index in [0.717, 1.165) is 17.7 Å². The van der Waals surface area contributed by atoms with Gasteiger partial charge in [0.2, 0.25) is 0 Å². The van der Waals surface area contributed by atoms with Gasteiger partial charge in [0, 0.05) is 23.4 Å². The zero-order valence-electron chi connectivity index (χ0n) is 12.6. The molecule has 0 saturated heterocycles. The molecule has 1 atom stereocenters. The van der Waals surface area contributed by atoms with Crippen molar-refractivity contribution in [1.82, 2.24) is 0 Å². The van der Waals surface area contributed by atoms with Gasteiger partial charge in [-0.25, -0.2) is 0 Å². The fraction of sp³-hybridized carbons (Fsp3) is 0.625. The molecule has 4 nitrogen and oxygen atoms in total. The normalized spacial score (nSPS) is 21.4. The highest BCUT2D eigenvalue weighted by atomic mass is 16.6. The number of nitro benzene ring substituents is 1. The molecule has 0 bridgehead atoms. The summed E-state index contributed by atoms with van der Waals surface area (Å²) in [5, 5.41) is 14.6. The molecule has 1 N–H and O–H groups in total. The minimum atomic E-state index is -0.282. The van der Waals surface area contributed by atoms with E-state index in [9.17, 15) is 10.1 Å². The van der Waals surface area contributed by atoms with Crippen LogP contribution in [0.2, 0.25) is 0 Å². The van der Waals surface area contributed by atoms with Gasteiger partial charge in [0.25, 0.3) is 5.69 Å². The summed E-state index contributed by atoms with van der Waals surface area (Å²) in [6.07, 6.45) is 5.54. The van der Waals surface area contributed by atoms with Gasteiger partial charge in [-0.3, -0.25) is 10.1 Å². The molecule has 1 aliphatic carbocycles. The molecule has 0 aromatic heterocycles. The van der Waals surface area contributed by atoms with Crippen LogP contribution in [-0.4, -0.2) is 11.0 Å². The molecule has 110 valence electrons. The van der Waals surface area contributed by atoms with Crippen LogP contribution in [-0.2, 0) is 6.42 Å². The number of benzene rings is 1. The molecule has 0 heterocycles. The molecule has 0 spiro atoms. The SMILES string of the molecule is CCc1ccc(NC2CCCCC2(C)C)cc1[N+](=O)[O-]. The van der Waals surface area contributed by atoms with Crippen LogP contribution in [0, 0.1) is 15.5 Å². The summed E-state index contributed by atoms with van der Waals surface area (Å²) in [7, 11) is 0. The Kier molecular flexibility index (Phi) is 4.31. The number of nitrogens with zero attached hydrogens (tertiary/aromatic N) is 1. The third-order valence-electron chi connectivity index (χ3n) is 4.51. The number of hydrogen-bond acceptors (Lipinski definition) is 3. The van der Waals surface area contributed by atoms with Crippen molar-refractivity contribution in [2.24, 2.45) is 5.41 Å². The lowest BCUT2D eigenvalue weighted by Crippen LogP contribution is -2.38. The average molecular weight is 276 g/mol. The van der Waals surface area contributed by atoms with Crippen LogP contribution in [0.1, 0.15) is 52.0 Å². The Labute approximate surface area is 120 Å². The lowest BCUT2D eigenvalue weighted by Gasteiger charge is -2.39. The predicted molar refractivity (Wildman–Crippen MR) is 82.1 cm³/mol. The number of nitro groups is 1. The monoisotopic (exact) mass is 276 g/mol. The second kappa shape index (κ2) is 5.81. The molecular weight excluding hydrogens is 252 g/mol. The minimum absolute atomic E-state index is 0.228. The number of nitrogens with one attached hydrogen (secondary N) is 1. The van der Waals surface area contributed by atoms with Crippen LogP contribution in [0.3, 0.4) is 0 Å². The van der Waals surface area contributed by atoms with Gasteiger partial charge in [0.15, 0.2) is 0 Å². The van der Waals surface area contributed by atoms with E-state index in [4.69, 9.17) is 0 Å². The second-order valence-corrected chi connectivity index (χ2v) is 6.39. The van der Waals surface area contributed by atoms with E-state index in [1.165, 1.54) is 19.3 Å². The molecular formula is C16H24N2O2. The molecule has 1 aliphatic rings. The van der Waals surface area contributed by atoms with Gasteiger partial charge in [-0.2, -0.15) is 0 Å². The second-order valence-electron chi connectivity index (χ2n) is 6.39. The van der Waals surface area contributed by atoms with E-state index >= 15 is 0 Å². The van der Waals surface area contributed by atoms with E-state index in [2.05, 4.69) is 19.2 Å². The molecule has 4 heteroatoms. The van der Waals surface area contributed by atoms with Crippen molar-refractivity contribution >= 4 is 11.4 Å². The van der Waals surface area contributed by atoms with Crippen molar-refractivity contribution in [2.75, 3.05) is 5.32 Å². The highest BCUT2D eigenvalue weighted by Gasteiger charge is 2.32. The molecule has 1 aromatic carbocycles. The Bertz CT molecular complexity index is 497. The largest absolute Gasteiger partial charge is 0.382 e. The zero-order valence-corrected chi connectivity index (χ0v) is 12.6. The van der Waals surface area contributed by atoms with E-state index < -0.39 is 0 Å². The lowest BCUT2D eigenvalue weighted by molar-refractivity contribution is -0.385. The fourth-order valence-electron chi connectivity index (χ4n) is 3.09. The molecule has 1 saturated carbocycles. The van der Waals surface area contributed by atoms with E-state index in [1.807, 2.05) is 19.1 Å². The molecule has 0 amide bonds. The maximum Gasteiger partial charge on any atom is 0.274 e. The first-order chi connectivity index (χ1) is 9.44. The van der Waals surface area contributed by atoms with E-state index in [0.29, 0.717) is 12.5 Å². The standard InChI is InChI=1S/C16H24N2O2/c1-4-12-8-9-13(11-14(12)18(19)20)17-15-7-5-6-10-16(15,2)3/h8-9,11,15,17H,4-7,10H2,1-3H3. The summed E-state index contributed by atoms with van der Waals surface area (Å²) in [6.45, 7) is 6.50. The fourth-order valence-corrected chi connectivity index (χ4v) is 3.09. The van der Waals surface area contributed by atoms with Gasteiger partial charge in [-0.1, -0.05) is 39.7 Å². The Balaban J connectivity index is 2.21. The highest BCUT2D eigenvalue weighted by molar-refractivity contribution is 5.56. The van der Waals surface area contributed by atoms with Crippen LogP contribution >= 0.6 is 0 Å². The first kappa shape index (κ1) is 14.8. The molecule has 2 rings (SSSR count). The summed E-state index contributed by atoms with van der Waals surface area (Å²) in [5.74, 6) is 0. The molecule has 1 fully saturated rings. The quantitative estimate of drug-likeness (QED) is 0.649. The van der Waals surface area contributed by atoms with Gasteiger partial charge < -0.3 is 5.32 Å². The highest BCUT2D eigenvalue weighted by Crippen LogP contribution is 2.37. The molecule has 0 radical (unpaired) electrons. The Morgan fingerprint density at radius 2 is 2.15 bits per heavy atom. The third kappa shape index (κ3) is 3.11. The summed E-state index contributed by atoms with van der Waals surface area (Å²) in [4.78, 5) is 10.8. The van der Waals surface area contributed by atoms with Gasteiger partial charge in [0.05, 0.1) is 4.92 Å². The van der Waals surface area contributed by atoms with Gasteiger partial charge in [-0.05, 0) is 30.7 Å². The van der Waals surface area contributed by atoms with Gasteiger partial charge in [0.1, 0.15) is 0 Å². The van der Waals surface area contributed by atoms with Crippen LogP contribution in [0.25, 0.3) is 0 Å². The molecule has 20 heavy (non-hydrogen) atoms. The Morgan fingerprint density at radius 3 is 2.75 bits per heavy atom. The minimum Gasteiger partial charge on any atom is -0.382 e. The first-order valence-electron chi connectivity index (χ1n) is 7.48. The van der Waals surface area contributed by atoms with Crippen molar-refractivity contribution in [1.29, 1.82) is 0 Å². The summed E-state index contributed by atoms with van der Waals surface area (Å²) in [6, 6.07) is 5.92. The topological polar surface area (TPSA) is 55.2 Å². The number of rotatable bonds is 4. The predicted octanol–water partition coefficient (Wildman–Crippen LogP) is 4.54. The smallest absolute Gasteiger partial charge is 0.274 e. The van der Waals surface area contributed by atoms with Gasteiger partial charge in [-0.15, -0.1) is 0 Å². The lowest BCUT2D eigenvalue weighted by atomic mass is 9.73. The van der Waals surface area contributed by atoms with Crippen molar-refractivity contribution in [3.63, 3.8) is 0 Å².